The van der Waals surface area contributed by atoms with Gasteiger partial charge in [0.2, 0.25) is 0 Å². The molecule has 0 radical (unpaired) electrons. The molecule has 1 aromatic rings. The van der Waals surface area contributed by atoms with Crippen LogP contribution < -0.4 is 0 Å². The standard InChI is InChI=1S/C18H23F3/c19-16-10-13(11-17(20)18(16)21)9-12-5-7-15(8-6-12)14-3-1-2-4-14/h10-12,14-15H,1-9H2. The first-order valence-electron chi connectivity index (χ1n) is 8.27. The molecule has 0 nitrogen and oxygen atoms in total. The topological polar surface area (TPSA) is 0 Å². The molecule has 0 bridgehead atoms. The molecular weight excluding hydrogens is 273 g/mol. The molecule has 0 aromatic heterocycles. The van der Waals surface area contributed by atoms with Crippen molar-refractivity contribution in [2.24, 2.45) is 17.8 Å². The minimum Gasteiger partial charge on any atom is -0.204 e. The maximum absolute atomic E-state index is 13.2. The Kier molecular flexibility index (Phi) is 4.56. The quantitative estimate of drug-likeness (QED) is 0.633. The summed E-state index contributed by atoms with van der Waals surface area (Å²) in [5.74, 6) is -1.21. The largest absolute Gasteiger partial charge is 0.204 e. The molecule has 0 atom stereocenters. The molecule has 0 unspecified atom stereocenters. The van der Waals surface area contributed by atoms with Gasteiger partial charge in [0, 0.05) is 0 Å². The van der Waals surface area contributed by atoms with Crippen LogP contribution in [0.15, 0.2) is 12.1 Å². The molecule has 3 rings (SSSR count). The predicted molar refractivity (Wildman–Crippen MR) is 77.4 cm³/mol. The van der Waals surface area contributed by atoms with Crippen molar-refractivity contribution in [1.82, 2.24) is 0 Å². The summed E-state index contributed by atoms with van der Waals surface area (Å²) in [6, 6.07) is 2.31. The van der Waals surface area contributed by atoms with E-state index in [9.17, 15) is 13.2 Å². The maximum atomic E-state index is 13.2. The highest BCUT2D eigenvalue weighted by atomic mass is 19.2. The van der Waals surface area contributed by atoms with Crippen molar-refractivity contribution in [3.63, 3.8) is 0 Å². The highest BCUT2D eigenvalue weighted by Gasteiger charge is 2.29. The lowest BCUT2D eigenvalue weighted by atomic mass is 9.74. The first-order valence-corrected chi connectivity index (χ1v) is 8.27. The van der Waals surface area contributed by atoms with Gasteiger partial charge in [0.25, 0.3) is 0 Å². The lowest BCUT2D eigenvalue weighted by molar-refractivity contribution is 0.205. The Balaban J connectivity index is 1.55. The molecule has 2 aliphatic carbocycles. The van der Waals surface area contributed by atoms with E-state index in [0.29, 0.717) is 17.9 Å². The SMILES string of the molecule is Fc1cc(CC2CCC(C3CCCC3)CC2)cc(F)c1F. The predicted octanol–water partition coefficient (Wildman–Crippen LogP) is 5.64. The van der Waals surface area contributed by atoms with Crippen LogP contribution in [0.25, 0.3) is 0 Å². The summed E-state index contributed by atoms with van der Waals surface area (Å²) in [6.45, 7) is 0. The third-order valence-electron chi connectivity index (χ3n) is 5.53. The molecule has 0 N–H and O–H groups in total. The van der Waals surface area contributed by atoms with Gasteiger partial charge >= 0.3 is 0 Å². The van der Waals surface area contributed by atoms with Gasteiger partial charge in [0.05, 0.1) is 0 Å². The summed E-state index contributed by atoms with van der Waals surface area (Å²) in [7, 11) is 0. The van der Waals surface area contributed by atoms with Gasteiger partial charge in [-0.1, -0.05) is 25.7 Å². The summed E-state index contributed by atoms with van der Waals surface area (Å²) >= 11 is 0. The van der Waals surface area contributed by atoms with E-state index in [1.807, 2.05) is 0 Å². The minimum atomic E-state index is -1.36. The van der Waals surface area contributed by atoms with Crippen LogP contribution >= 0.6 is 0 Å². The summed E-state index contributed by atoms with van der Waals surface area (Å²) in [4.78, 5) is 0. The van der Waals surface area contributed by atoms with E-state index in [4.69, 9.17) is 0 Å². The normalized spacial score (nSPS) is 27.2. The molecule has 1 aromatic carbocycles. The highest BCUT2D eigenvalue weighted by molar-refractivity contribution is 5.20. The summed E-state index contributed by atoms with van der Waals surface area (Å²) < 4.78 is 39.5. The van der Waals surface area contributed by atoms with E-state index in [1.165, 1.54) is 38.5 Å². The molecule has 0 amide bonds. The number of hydrogen-bond donors (Lipinski definition) is 0. The van der Waals surface area contributed by atoms with Crippen molar-refractivity contribution in [3.05, 3.63) is 35.1 Å². The van der Waals surface area contributed by atoms with Gasteiger partial charge in [-0.15, -0.1) is 0 Å². The van der Waals surface area contributed by atoms with E-state index in [-0.39, 0.29) is 0 Å². The van der Waals surface area contributed by atoms with E-state index in [2.05, 4.69) is 0 Å². The Bertz CT molecular complexity index is 460. The fourth-order valence-corrected chi connectivity index (χ4v) is 4.35. The van der Waals surface area contributed by atoms with Crippen molar-refractivity contribution >= 4 is 0 Å². The Hall–Kier alpha value is -0.990. The first kappa shape index (κ1) is 14.9. The second kappa shape index (κ2) is 6.41. The molecule has 21 heavy (non-hydrogen) atoms. The zero-order valence-corrected chi connectivity index (χ0v) is 12.4. The first-order chi connectivity index (χ1) is 10.1. The van der Waals surface area contributed by atoms with E-state index in [0.717, 1.165) is 36.8 Å². The van der Waals surface area contributed by atoms with Crippen LogP contribution in [-0.2, 0) is 6.42 Å². The lowest BCUT2D eigenvalue weighted by Crippen LogP contribution is -2.21. The fourth-order valence-electron chi connectivity index (χ4n) is 4.35. The number of rotatable bonds is 3. The molecule has 0 heterocycles. The van der Waals surface area contributed by atoms with Gasteiger partial charge in [-0.3, -0.25) is 0 Å². The van der Waals surface area contributed by atoms with Crippen LogP contribution in [0.5, 0.6) is 0 Å². The molecule has 0 spiro atoms. The molecule has 116 valence electrons. The molecule has 2 fully saturated rings. The molecule has 2 saturated carbocycles. The van der Waals surface area contributed by atoms with Gasteiger partial charge in [-0.2, -0.15) is 0 Å². The molecule has 3 heteroatoms. The van der Waals surface area contributed by atoms with Crippen molar-refractivity contribution in [2.75, 3.05) is 0 Å². The number of halogens is 3. The van der Waals surface area contributed by atoms with Gasteiger partial charge in [0.1, 0.15) is 0 Å². The lowest BCUT2D eigenvalue weighted by Gasteiger charge is -2.32. The van der Waals surface area contributed by atoms with Crippen LogP contribution in [0.4, 0.5) is 13.2 Å². The Labute approximate surface area is 124 Å². The van der Waals surface area contributed by atoms with Crippen LogP contribution in [-0.4, -0.2) is 0 Å². The Morgan fingerprint density at radius 3 is 1.86 bits per heavy atom. The van der Waals surface area contributed by atoms with Crippen molar-refractivity contribution < 1.29 is 13.2 Å². The highest BCUT2D eigenvalue weighted by Crippen LogP contribution is 2.41. The van der Waals surface area contributed by atoms with Crippen molar-refractivity contribution in [3.8, 4) is 0 Å². The van der Waals surface area contributed by atoms with Crippen LogP contribution in [0.3, 0.4) is 0 Å². The van der Waals surface area contributed by atoms with Gasteiger partial charge in [0.15, 0.2) is 17.5 Å². The number of benzene rings is 1. The Morgan fingerprint density at radius 1 is 0.762 bits per heavy atom. The van der Waals surface area contributed by atoms with Crippen LogP contribution in [0.1, 0.15) is 56.9 Å². The second-order valence-corrected chi connectivity index (χ2v) is 6.90. The molecule has 0 saturated heterocycles. The van der Waals surface area contributed by atoms with E-state index in [1.54, 1.807) is 0 Å². The maximum Gasteiger partial charge on any atom is 0.194 e. The fraction of sp³-hybridized carbons (Fsp3) is 0.667. The zero-order chi connectivity index (χ0) is 14.8. The smallest absolute Gasteiger partial charge is 0.194 e. The molecule has 2 aliphatic rings. The molecular formula is C18H23F3. The average molecular weight is 296 g/mol. The monoisotopic (exact) mass is 296 g/mol. The zero-order valence-electron chi connectivity index (χ0n) is 12.4. The number of hydrogen-bond acceptors (Lipinski definition) is 0. The van der Waals surface area contributed by atoms with Crippen molar-refractivity contribution in [2.45, 2.75) is 57.8 Å². The van der Waals surface area contributed by atoms with Crippen molar-refractivity contribution in [1.29, 1.82) is 0 Å². The van der Waals surface area contributed by atoms with Crippen LogP contribution in [0, 0.1) is 35.2 Å². The van der Waals surface area contributed by atoms with Gasteiger partial charge in [-0.05, 0) is 67.6 Å². The summed E-state index contributed by atoms with van der Waals surface area (Å²) in [5, 5.41) is 0. The second-order valence-electron chi connectivity index (χ2n) is 6.90. The van der Waals surface area contributed by atoms with E-state index < -0.39 is 17.5 Å². The van der Waals surface area contributed by atoms with E-state index >= 15 is 0 Å². The average Bonchev–Trinajstić information content (AvgIpc) is 3.00. The van der Waals surface area contributed by atoms with Crippen LogP contribution in [0.2, 0.25) is 0 Å². The summed E-state index contributed by atoms with van der Waals surface area (Å²) in [6.07, 6.45) is 11.0. The third-order valence-corrected chi connectivity index (χ3v) is 5.53. The van der Waals surface area contributed by atoms with Gasteiger partial charge in [-0.25, -0.2) is 13.2 Å². The van der Waals surface area contributed by atoms with Gasteiger partial charge < -0.3 is 0 Å². The minimum absolute atomic E-state index is 0.493. The Morgan fingerprint density at radius 2 is 1.29 bits per heavy atom. The molecule has 0 aliphatic heterocycles. The third kappa shape index (κ3) is 3.44. The summed E-state index contributed by atoms with van der Waals surface area (Å²) in [5.41, 5.74) is 0.593.